The third kappa shape index (κ3) is 5.69. The van der Waals surface area contributed by atoms with Crippen molar-refractivity contribution in [1.29, 1.82) is 0 Å². The standard InChI is InChI=1S/C14H14NO.C7H8O/c1-12(16)14-7-9-15(10-8-14)11-13-5-3-2-4-6-13;1-6-2-4-7(8)5-3-6/h2-10H,11H2,1H3;2-5,8H,1H3/q+1;. The summed E-state index contributed by atoms with van der Waals surface area (Å²) in [6.07, 6.45) is 3.87. The molecule has 0 saturated heterocycles. The SMILES string of the molecule is CC(=O)c1cc[n+](Cc2ccccc2)cc1.Cc1ccc(O)cc1. The number of hydrogen-bond donors (Lipinski definition) is 1. The topological polar surface area (TPSA) is 41.2 Å². The second-order valence-corrected chi connectivity index (χ2v) is 5.64. The average molecular weight is 320 g/mol. The summed E-state index contributed by atoms with van der Waals surface area (Å²) in [6.45, 7) is 4.40. The minimum Gasteiger partial charge on any atom is -0.508 e. The van der Waals surface area contributed by atoms with Gasteiger partial charge in [-0.1, -0.05) is 48.0 Å². The fourth-order valence-electron chi connectivity index (χ4n) is 2.14. The van der Waals surface area contributed by atoms with Crippen LogP contribution in [-0.2, 0) is 6.54 Å². The van der Waals surface area contributed by atoms with Crippen LogP contribution in [0.3, 0.4) is 0 Å². The van der Waals surface area contributed by atoms with Crippen LogP contribution in [0.25, 0.3) is 0 Å². The number of aromatic nitrogens is 1. The van der Waals surface area contributed by atoms with Gasteiger partial charge in [-0.25, -0.2) is 4.57 Å². The van der Waals surface area contributed by atoms with E-state index in [9.17, 15) is 4.79 Å². The molecule has 0 fully saturated rings. The highest BCUT2D eigenvalue weighted by atomic mass is 16.3. The van der Waals surface area contributed by atoms with Crippen molar-refractivity contribution in [2.24, 2.45) is 0 Å². The monoisotopic (exact) mass is 320 g/mol. The molecule has 122 valence electrons. The molecule has 2 aromatic carbocycles. The predicted molar refractivity (Wildman–Crippen MR) is 95.0 cm³/mol. The number of pyridine rings is 1. The Morgan fingerprint density at radius 1 is 0.917 bits per heavy atom. The molecule has 0 amide bonds. The zero-order chi connectivity index (χ0) is 17.4. The van der Waals surface area contributed by atoms with E-state index in [-0.39, 0.29) is 5.78 Å². The van der Waals surface area contributed by atoms with E-state index in [0.717, 1.165) is 12.1 Å². The molecule has 0 atom stereocenters. The van der Waals surface area contributed by atoms with Gasteiger partial charge in [0.1, 0.15) is 5.75 Å². The molecular formula is C21H22NO2+. The van der Waals surface area contributed by atoms with Gasteiger partial charge >= 0.3 is 0 Å². The van der Waals surface area contributed by atoms with Crippen molar-refractivity contribution in [3.8, 4) is 5.75 Å². The number of ketones is 1. The Morgan fingerprint density at radius 3 is 2.00 bits per heavy atom. The van der Waals surface area contributed by atoms with Gasteiger partial charge in [0.05, 0.1) is 0 Å². The Labute approximate surface area is 142 Å². The summed E-state index contributed by atoms with van der Waals surface area (Å²) >= 11 is 0. The van der Waals surface area contributed by atoms with Gasteiger partial charge in [0, 0.05) is 23.3 Å². The van der Waals surface area contributed by atoms with Crippen molar-refractivity contribution in [2.45, 2.75) is 20.4 Å². The Morgan fingerprint density at radius 2 is 1.50 bits per heavy atom. The molecule has 0 radical (unpaired) electrons. The van der Waals surface area contributed by atoms with Crippen LogP contribution in [0.15, 0.2) is 79.1 Å². The van der Waals surface area contributed by atoms with Gasteiger partial charge in [-0.15, -0.1) is 0 Å². The summed E-state index contributed by atoms with van der Waals surface area (Å²) < 4.78 is 2.06. The van der Waals surface area contributed by atoms with E-state index in [1.165, 1.54) is 11.1 Å². The number of phenolic OH excluding ortho intramolecular Hbond substituents is 1. The van der Waals surface area contributed by atoms with Crippen LogP contribution < -0.4 is 4.57 Å². The van der Waals surface area contributed by atoms with E-state index in [1.807, 2.05) is 61.8 Å². The summed E-state index contributed by atoms with van der Waals surface area (Å²) in [6, 6.07) is 21.0. The van der Waals surface area contributed by atoms with E-state index in [1.54, 1.807) is 19.1 Å². The lowest BCUT2D eigenvalue weighted by atomic mass is 10.2. The zero-order valence-corrected chi connectivity index (χ0v) is 14.0. The van der Waals surface area contributed by atoms with E-state index in [2.05, 4.69) is 16.7 Å². The lowest BCUT2D eigenvalue weighted by Crippen LogP contribution is -2.33. The average Bonchev–Trinajstić information content (AvgIpc) is 2.59. The summed E-state index contributed by atoms with van der Waals surface area (Å²) in [5.74, 6) is 0.433. The highest BCUT2D eigenvalue weighted by molar-refractivity contribution is 5.93. The van der Waals surface area contributed by atoms with Crippen LogP contribution in [0.1, 0.15) is 28.4 Å². The van der Waals surface area contributed by atoms with Crippen LogP contribution in [0, 0.1) is 6.92 Å². The number of Topliss-reactive ketones (excluding diaryl/α,β-unsaturated/α-hetero) is 1. The van der Waals surface area contributed by atoms with Gasteiger partial charge in [0.25, 0.3) is 0 Å². The molecule has 0 aliphatic rings. The number of phenols is 1. The van der Waals surface area contributed by atoms with E-state index >= 15 is 0 Å². The molecule has 24 heavy (non-hydrogen) atoms. The van der Waals surface area contributed by atoms with Crippen LogP contribution >= 0.6 is 0 Å². The Bertz CT molecular complexity index is 742. The molecule has 0 spiro atoms. The fraction of sp³-hybridized carbons (Fsp3) is 0.143. The van der Waals surface area contributed by atoms with Gasteiger partial charge in [-0.2, -0.15) is 0 Å². The van der Waals surface area contributed by atoms with Gasteiger partial charge in [0.2, 0.25) is 0 Å². The molecule has 0 unspecified atom stereocenters. The first kappa shape index (κ1) is 17.4. The summed E-state index contributed by atoms with van der Waals surface area (Å²) in [4.78, 5) is 11.1. The van der Waals surface area contributed by atoms with Gasteiger partial charge in [-0.05, 0) is 26.0 Å². The van der Waals surface area contributed by atoms with Crippen molar-refractivity contribution in [2.75, 3.05) is 0 Å². The van der Waals surface area contributed by atoms with Crippen LogP contribution in [0.2, 0.25) is 0 Å². The van der Waals surface area contributed by atoms with Gasteiger partial charge in [0.15, 0.2) is 24.7 Å². The molecule has 0 aliphatic heterocycles. The molecule has 0 aliphatic carbocycles. The van der Waals surface area contributed by atoms with Gasteiger partial charge < -0.3 is 5.11 Å². The van der Waals surface area contributed by atoms with Crippen LogP contribution in [-0.4, -0.2) is 10.9 Å². The maximum atomic E-state index is 11.1. The number of nitrogens with zero attached hydrogens (tertiary/aromatic N) is 1. The Hall–Kier alpha value is -2.94. The minimum atomic E-state index is 0.104. The second-order valence-electron chi connectivity index (χ2n) is 5.64. The number of aromatic hydroxyl groups is 1. The van der Waals surface area contributed by atoms with Crippen molar-refractivity contribution in [3.05, 3.63) is 95.8 Å². The molecule has 3 nitrogen and oxygen atoms in total. The quantitative estimate of drug-likeness (QED) is 0.587. The number of benzene rings is 2. The summed E-state index contributed by atoms with van der Waals surface area (Å²) in [7, 11) is 0. The lowest BCUT2D eigenvalue weighted by Gasteiger charge is -1.98. The van der Waals surface area contributed by atoms with Crippen molar-refractivity contribution < 1.29 is 14.5 Å². The third-order valence-electron chi connectivity index (χ3n) is 3.54. The fourth-order valence-corrected chi connectivity index (χ4v) is 2.14. The number of carbonyl (C=O) groups is 1. The Kier molecular flexibility index (Phi) is 6.26. The van der Waals surface area contributed by atoms with Crippen molar-refractivity contribution in [3.63, 3.8) is 0 Å². The smallest absolute Gasteiger partial charge is 0.173 e. The molecule has 1 heterocycles. The number of rotatable bonds is 3. The highest BCUT2D eigenvalue weighted by Gasteiger charge is 2.04. The summed E-state index contributed by atoms with van der Waals surface area (Å²) in [5, 5.41) is 8.76. The maximum absolute atomic E-state index is 11.1. The normalized spacial score (nSPS) is 9.75. The molecule has 0 bridgehead atoms. The molecule has 3 rings (SSSR count). The maximum Gasteiger partial charge on any atom is 0.173 e. The van der Waals surface area contributed by atoms with Crippen molar-refractivity contribution in [1.82, 2.24) is 0 Å². The zero-order valence-electron chi connectivity index (χ0n) is 14.0. The molecule has 3 aromatic rings. The molecule has 3 heteroatoms. The predicted octanol–water partition coefficient (Wildman–Crippen LogP) is 3.93. The van der Waals surface area contributed by atoms with E-state index in [4.69, 9.17) is 5.11 Å². The summed E-state index contributed by atoms with van der Waals surface area (Å²) in [5.41, 5.74) is 3.18. The van der Waals surface area contributed by atoms with Crippen LogP contribution in [0.4, 0.5) is 0 Å². The number of carbonyl (C=O) groups excluding carboxylic acids is 1. The first-order valence-electron chi connectivity index (χ1n) is 7.84. The van der Waals surface area contributed by atoms with E-state index in [0.29, 0.717) is 5.75 Å². The highest BCUT2D eigenvalue weighted by Crippen LogP contribution is 2.07. The molecule has 1 N–H and O–H groups in total. The van der Waals surface area contributed by atoms with Gasteiger partial charge in [-0.3, -0.25) is 4.79 Å². The first-order valence-corrected chi connectivity index (χ1v) is 7.84. The minimum absolute atomic E-state index is 0.104. The van der Waals surface area contributed by atoms with Crippen LogP contribution in [0.5, 0.6) is 5.75 Å². The number of hydrogen-bond acceptors (Lipinski definition) is 2. The third-order valence-corrected chi connectivity index (χ3v) is 3.54. The largest absolute Gasteiger partial charge is 0.508 e. The first-order chi connectivity index (χ1) is 11.5. The lowest BCUT2D eigenvalue weighted by molar-refractivity contribution is -0.688. The molecule has 0 saturated carbocycles. The Balaban J connectivity index is 0.000000219. The second kappa shape index (κ2) is 8.63. The van der Waals surface area contributed by atoms with Crippen molar-refractivity contribution >= 4 is 5.78 Å². The van der Waals surface area contributed by atoms with E-state index < -0.39 is 0 Å². The molecular weight excluding hydrogens is 298 g/mol. The number of aryl methyl sites for hydroxylation is 1. The molecule has 1 aromatic heterocycles.